The molecular formula is C24H33N5O2. The molecular weight excluding hydrogens is 390 g/mol. The van der Waals surface area contributed by atoms with Crippen molar-refractivity contribution in [3.63, 3.8) is 0 Å². The van der Waals surface area contributed by atoms with Crippen LogP contribution in [-0.4, -0.2) is 71.3 Å². The van der Waals surface area contributed by atoms with Crippen molar-refractivity contribution < 1.29 is 9.42 Å². The fourth-order valence-corrected chi connectivity index (χ4v) is 5.44. The largest absolute Gasteiger partial charge is 0.368 e. The summed E-state index contributed by atoms with van der Waals surface area (Å²) >= 11 is 0. The lowest BCUT2D eigenvalue weighted by Gasteiger charge is -2.36. The van der Waals surface area contributed by atoms with Gasteiger partial charge in [0.05, 0.1) is 6.42 Å². The number of piperazine rings is 1. The molecule has 5 rings (SSSR count). The molecule has 2 aliphatic heterocycles. The Kier molecular flexibility index (Phi) is 5.94. The topological polar surface area (TPSA) is 65.7 Å². The van der Waals surface area contributed by atoms with E-state index in [0.29, 0.717) is 11.4 Å². The van der Waals surface area contributed by atoms with E-state index >= 15 is 0 Å². The van der Waals surface area contributed by atoms with Gasteiger partial charge in [0.1, 0.15) is 11.4 Å². The third kappa shape index (κ3) is 4.47. The Hall–Kier alpha value is -2.41. The number of amides is 1. The first-order valence-electron chi connectivity index (χ1n) is 11.8. The summed E-state index contributed by atoms with van der Waals surface area (Å²) < 4.78 is 4.72. The van der Waals surface area contributed by atoms with Crippen molar-refractivity contribution in [1.29, 1.82) is 0 Å². The van der Waals surface area contributed by atoms with E-state index in [4.69, 9.17) is 4.63 Å². The quantitative estimate of drug-likeness (QED) is 0.753. The number of carbonyl (C=O) groups excluding carboxylic acids is 1. The summed E-state index contributed by atoms with van der Waals surface area (Å²) in [5.41, 5.74) is 5.69. The van der Waals surface area contributed by atoms with Crippen molar-refractivity contribution in [2.75, 3.05) is 44.2 Å². The number of nitrogens with zero attached hydrogens (tertiary/aromatic N) is 5. The molecule has 1 aromatic heterocycles. The van der Waals surface area contributed by atoms with Crippen LogP contribution in [0, 0.1) is 6.92 Å². The molecule has 3 heterocycles. The molecule has 7 nitrogen and oxygen atoms in total. The molecule has 0 atom stereocenters. The lowest BCUT2D eigenvalue weighted by Crippen LogP contribution is -2.49. The molecule has 0 spiro atoms. The van der Waals surface area contributed by atoms with E-state index in [0.717, 1.165) is 38.6 Å². The first-order chi connectivity index (χ1) is 15.2. The highest BCUT2D eigenvalue weighted by molar-refractivity contribution is 5.78. The first kappa shape index (κ1) is 20.5. The van der Waals surface area contributed by atoms with Gasteiger partial charge in [-0.3, -0.25) is 9.69 Å². The Morgan fingerprint density at radius 3 is 2.45 bits per heavy atom. The molecule has 2 aromatic rings. The van der Waals surface area contributed by atoms with E-state index in [1.165, 1.54) is 62.0 Å². The number of benzene rings is 1. The lowest BCUT2D eigenvalue weighted by molar-refractivity contribution is -0.130. The van der Waals surface area contributed by atoms with Crippen LogP contribution in [-0.2, 0) is 24.1 Å². The van der Waals surface area contributed by atoms with Gasteiger partial charge in [-0.05, 0) is 55.9 Å². The van der Waals surface area contributed by atoms with Crippen molar-refractivity contribution in [3.05, 3.63) is 40.7 Å². The highest BCUT2D eigenvalue weighted by Crippen LogP contribution is 2.28. The minimum Gasteiger partial charge on any atom is -0.368 e. The molecule has 0 radical (unpaired) electrons. The minimum atomic E-state index is 0.104. The summed E-state index contributed by atoms with van der Waals surface area (Å²) in [6.07, 6.45) is 8.18. The Balaban J connectivity index is 1.18. The molecule has 1 saturated heterocycles. The summed E-state index contributed by atoms with van der Waals surface area (Å²) in [5.74, 6) is 0.104. The minimum absolute atomic E-state index is 0.104. The zero-order valence-corrected chi connectivity index (χ0v) is 18.6. The van der Waals surface area contributed by atoms with Gasteiger partial charge in [0.15, 0.2) is 0 Å². The van der Waals surface area contributed by atoms with Crippen LogP contribution in [0.25, 0.3) is 0 Å². The molecule has 1 saturated carbocycles. The van der Waals surface area contributed by atoms with E-state index in [2.05, 4.69) is 38.3 Å². The van der Waals surface area contributed by atoms with Crippen molar-refractivity contribution >= 4 is 11.6 Å². The molecule has 2 fully saturated rings. The number of rotatable bonds is 4. The first-order valence-corrected chi connectivity index (χ1v) is 11.8. The molecule has 1 amide bonds. The highest BCUT2D eigenvalue weighted by Gasteiger charge is 2.26. The number of anilines is 1. The average molecular weight is 424 g/mol. The Labute approximate surface area is 184 Å². The maximum atomic E-state index is 12.6. The predicted octanol–water partition coefficient (Wildman–Crippen LogP) is 2.61. The van der Waals surface area contributed by atoms with Crippen LogP contribution in [0.3, 0.4) is 0 Å². The van der Waals surface area contributed by atoms with Crippen molar-refractivity contribution in [3.8, 4) is 0 Å². The zero-order chi connectivity index (χ0) is 21.2. The maximum absolute atomic E-state index is 12.6. The second-order valence-corrected chi connectivity index (χ2v) is 9.27. The Morgan fingerprint density at radius 2 is 1.74 bits per heavy atom. The van der Waals surface area contributed by atoms with Gasteiger partial charge in [-0.1, -0.05) is 29.2 Å². The van der Waals surface area contributed by atoms with Gasteiger partial charge >= 0.3 is 0 Å². The SMILES string of the molecule is Cc1nonc1CC(=O)N1CCN(c2ccc3c(c2)CCN(C2CCCC2)CC3)CC1. The average Bonchev–Trinajstić information content (AvgIpc) is 3.42. The molecule has 0 unspecified atom stereocenters. The summed E-state index contributed by atoms with van der Waals surface area (Å²) in [7, 11) is 0. The fraction of sp³-hybridized carbons (Fsp3) is 0.625. The van der Waals surface area contributed by atoms with Crippen LogP contribution < -0.4 is 4.90 Å². The standard InChI is InChI=1S/C24H33N5O2/c1-18-23(26-31-25-18)17-24(30)29-14-12-28(13-15-29)22-7-6-19-8-10-27(11-9-20(19)16-22)21-4-2-3-5-21/h6-7,16,21H,2-5,8-15,17H2,1H3. The Morgan fingerprint density at radius 1 is 1.00 bits per heavy atom. The summed E-state index contributed by atoms with van der Waals surface area (Å²) in [4.78, 5) is 19.7. The van der Waals surface area contributed by atoms with Crippen LogP contribution >= 0.6 is 0 Å². The lowest BCUT2D eigenvalue weighted by atomic mass is 10.0. The van der Waals surface area contributed by atoms with Gasteiger partial charge in [-0.25, -0.2) is 4.63 Å². The van der Waals surface area contributed by atoms with E-state index in [1.807, 2.05) is 11.8 Å². The van der Waals surface area contributed by atoms with Gasteiger partial charge in [0.25, 0.3) is 0 Å². The van der Waals surface area contributed by atoms with Crippen LogP contribution in [0.4, 0.5) is 5.69 Å². The molecule has 1 aromatic carbocycles. The zero-order valence-electron chi connectivity index (χ0n) is 18.6. The number of hydrogen-bond donors (Lipinski definition) is 0. The number of fused-ring (bicyclic) bond motifs is 1. The van der Waals surface area contributed by atoms with Crippen molar-refractivity contribution in [1.82, 2.24) is 20.1 Å². The smallest absolute Gasteiger partial charge is 0.228 e. The van der Waals surface area contributed by atoms with Crippen molar-refractivity contribution in [2.45, 2.75) is 57.9 Å². The van der Waals surface area contributed by atoms with Crippen LogP contribution in [0.1, 0.15) is 48.2 Å². The summed E-state index contributed by atoms with van der Waals surface area (Å²) in [6.45, 7) is 7.45. The second-order valence-electron chi connectivity index (χ2n) is 9.27. The monoisotopic (exact) mass is 423 g/mol. The van der Waals surface area contributed by atoms with E-state index in [-0.39, 0.29) is 12.3 Å². The molecule has 1 aliphatic carbocycles. The maximum Gasteiger partial charge on any atom is 0.228 e. The summed E-state index contributed by atoms with van der Waals surface area (Å²) in [5, 5.41) is 7.61. The normalized spacial score (nSPS) is 20.7. The van der Waals surface area contributed by atoms with Gasteiger partial charge < -0.3 is 9.80 Å². The molecule has 0 N–H and O–H groups in total. The number of aromatic nitrogens is 2. The van der Waals surface area contributed by atoms with E-state index in [1.54, 1.807) is 0 Å². The van der Waals surface area contributed by atoms with Gasteiger partial charge in [-0.2, -0.15) is 0 Å². The van der Waals surface area contributed by atoms with Gasteiger partial charge in [0.2, 0.25) is 5.91 Å². The molecule has 0 bridgehead atoms. The third-order valence-electron chi connectivity index (χ3n) is 7.43. The van der Waals surface area contributed by atoms with E-state index < -0.39 is 0 Å². The fourth-order valence-electron chi connectivity index (χ4n) is 5.44. The van der Waals surface area contributed by atoms with Gasteiger partial charge in [-0.15, -0.1) is 0 Å². The molecule has 7 heteroatoms. The number of hydrogen-bond acceptors (Lipinski definition) is 6. The van der Waals surface area contributed by atoms with Crippen LogP contribution in [0.2, 0.25) is 0 Å². The number of aryl methyl sites for hydroxylation is 1. The van der Waals surface area contributed by atoms with E-state index in [9.17, 15) is 4.79 Å². The van der Waals surface area contributed by atoms with Gasteiger partial charge in [0, 0.05) is 51.0 Å². The molecule has 166 valence electrons. The molecule has 3 aliphatic rings. The predicted molar refractivity (Wildman–Crippen MR) is 119 cm³/mol. The van der Waals surface area contributed by atoms with Crippen LogP contribution in [0.5, 0.6) is 0 Å². The highest BCUT2D eigenvalue weighted by atomic mass is 16.6. The second kappa shape index (κ2) is 8.99. The number of carbonyl (C=O) groups is 1. The van der Waals surface area contributed by atoms with Crippen LogP contribution in [0.15, 0.2) is 22.8 Å². The van der Waals surface area contributed by atoms with Crippen molar-refractivity contribution in [2.24, 2.45) is 0 Å². The third-order valence-corrected chi connectivity index (χ3v) is 7.43. The summed E-state index contributed by atoms with van der Waals surface area (Å²) in [6, 6.07) is 7.86. The molecule has 31 heavy (non-hydrogen) atoms. The Bertz CT molecular complexity index is 912.